The Morgan fingerprint density at radius 3 is 2.12 bits per heavy atom. The van der Waals surface area contributed by atoms with Crippen molar-refractivity contribution in [3.05, 3.63) is 114 Å². The van der Waals surface area contributed by atoms with E-state index in [4.69, 9.17) is 0 Å². The second-order valence-corrected chi connectivity index (χ2v) is 7.95. The highest BCUT2D eigenvalue weighted by atomic mass is 16.3. The molecule has 0 fully saturated rings. The first-order valence-corrected chi connectivity index (χ1v) is 10.5. The molecule has 0 spiro atoms. The molecule has 0 radical (unpaired) electrons. The van der Waals surface area contributed by atoms with Crippen LogP contribution in [0.2, 0.25) is 0 Å². The van der Waals surface area contributed by atoms with Gasteiger partial charge >= 0.3 is 0 Å². The van der Waals surface area contributed by atoms with Crippen molar-refractivity contribution in [1.82, 2.24) is 9.97 Å². The van der Waals surface area contributed by atoms with Crippen LogP contribution in [0.4, 0.5) is 5.82 Å². The molecule has 2 N–H and O–H groups in total. The molecule has 4 rings (SSSR count). The largest absolute Gasteiger partial charge is 0.380 e. The number of amides is 1. The van der Waals surface area contributed by atoms with Crippen molar-refractivity contribution >= 4 is 17.5 Å². The van der Waals surface area contributed by atoms with Crippen molar-refractivity contribution in [1.29, 1.82) is 0 Å². The smallest absolute Gasteiger partial charge is 0.257 e. The van der Waals surface area contributed by atoms with Crippen molar-refractivity contribution in [2.75, 3.05) is 5.32 Å². The summed E-state index contributed by atoms with van der Waals surface area (Å²) in [6, 6.07) is 27.1. The second kappa shape index (κ2) is 9.54. The van der Waals surface area contributed by atoms with E-state index < -0.39 is 11.5 Å². The van der Waals surface area contributed by atoms with Gasteiger partial charge in [0.05, 0.1) is 5.69 Å². The van der Waals surface area contributed by atoms with Crippen molar-refractivity contribution in [3.63, 3.8) is 0 Å². The van der Waals surface area contributed by atoms with Gasteiger partial charge in [0.2, 0.25) is 0 Å². The lowest BCUT2D eigenvalue weighted by Crippen LogP contribution is -2.42. The number of aliphatic hydroxyl groups is 1. The van der Waals surface area contributed by atoms with E-state index in [1.54, 1.807) is 42.5 Å². The number of nitrogens with one attached hydrogen (secondary N) is 1. The Balaban J connectivity index is 1.47. The maximum atomic E-state index is 12.7. The number of anilines is 1. The Kier molecular flexibility index (Phi) is 6.38. The fourth-order valence-electron chi connectivity index (χ4n) is 3.46. The van der Waals surface area contributed by atoms with Gasteiger partial charge in [0.1, 0.15) is 17.7 Å². The summed E-state index contributed by atoms with van der Waals surface area (Å²) >= 11 is 0. The van der Waals surface area contributed by atoms with Crippen LogP contribution < -0.4 is 5.32 Å². The first kappa shape index (κ1) is 22.0. The lowest BCUT2D eigenvalue weighted by Gasteiger charge is -2.22. The molecule has 6 heteroatoms. The van der Waals surface area contributed by atoms with Gasteiger partial charge in [-0.3, -0.25) is 9.59 Å². The molecule has 0 saturated carbocycles. The molecule has 1 atom stereocenters. The maximum Gasteiger partial charge on any atom is 0.257 e. The average molecular weight is 437 g/mol. The number of nitrogens with zero attached hydrogens (tertiary/aromatic N) is 2. The minimum atomic E-state index is -1.61. The molecule has 4 aromatic rings. The van der Waals surface area contributed by atoms with Crippen LogP contribution in [0.1, 0.15) is 28.4 Å². The average Bonchev–Trinajstić information content (AvgIpc) is 2.85. The molecule has 164 valence electrons. The van der Waals surface area contributed by atoms with E-state index in [1.807, 2.05) is 48.5 Å². The molecular formula is C27H23N3O3. The number of rotatable bonds is 7. The highest BCUT2D eigenvalue weighted by Gasteiger charge is 2.31. The first-order chi connectivity index (χ1) is 15.9. The molecule has 6 nitrogen and oxygen atoms in total. The van der Waals surface area contributed by atoms with Crippen LogP contribution in [0.3, 0.4) is 0 Å². The van der Waals surface area contributed by atoms with Crippen molar-refractivity contribution in [3.8, 4) is 11.3 Å². The number of hydrogen-bond donors (Lipinski definition) is 2. The summed E-state index contributed by atoms with van der Waals surface area (Å²) in [5.41, 5.74) is 1.80. The van der Waals surface area contributed by atoms with Crippen LogP contribution >= 0.6 is 0 Å². The van der Waals surface area contributed by atoms with Crippen molar-refractivity contribution in [2.24, 2.45) is 0 Å². The highest BCUT2D eigenvalue weighted by molar-refractivity contribution is 6.09. The topological polar surface area (TPSA) is 92.2 Å². The summed E-state index contributed by atoms with van der Waals surface area (Å²) in [4.78, 5) is 33.7. The fourth-order valence-corrected chi connectivity index (χ4v) is 3.46. The lowest BCUT2D eigenvalue weighted by molar-refractivity contribution is -0.132. The zero-order valence-corrected chi connectivity index (χ0v) is 18.1. The molecule has 1 unspecified atom stereocenters. The fraction of sp³-hybridized carbons (Fsp3) is 0.111. The Morgan fingerprint density at radius 1 is 0.848 bits per heavy atom. The van der Waals surface area contributed by atoms with E-state index in [0.29, 0.717) is 16.8 Å². The molecule has 33 heavy (non-hydrogen) atoms. The summed E-state index contributed by atoms with van der Waals surface area (Å²) in [6.45, 7) is 1.47. The van der Waals surface area contributed by atoms with Crippen LogP contribution in [0, 0.1) is 0 Å². The Hall–Kier alpha value is -4.16. The molecule has 1 heterocycles. The van der Waals surface area contributed by atoms with Gasteiger partial charge in [-0.15, -0.1) is 0 Å². The monoisotopic (exact) mass is 437 g/mol. The summed E-state index contributed by atoms with van der Waals surface area (Å²) < 4.78 is 0. The number of aromatic nitrogens is 2. The highest BCUT2D eigenvalue weighted by Crippen LogP contribution is 2.22. The molecule has 1 aromatic heterocycles. The van der Waals surface area contributed by atoms with Gasteiger partial charge in [-0.25, -0.2) is 9.97 Å². The summed E-state index contributed by atoms with van der Waals surface area (Å²) in [5, 5.41) is 13.3. The van der Waals surface area contributed by atoms with Crippen LogP contribution in [0.15, 0.2) is 97.3 Å². The maximum absolute atomic E-state index is 12.7. The third kappa shape index (κ3) is 5.37. The summed E-state index contributed by atoms with van der Waals surface area (Å²) in [7, 11) is 0. The van der Waals surface area contributed by atoms with Crippen LogP contribution in [0.25, 0.3) is 11.3 Å². The predicted octanol–water partition coefficient (Wildman–Crippen LogP) is 4.31. The van der Waals surface area contributed by atoms with Gasteiger partial charge in [-0.05, 0) is 12.5 Å². The molecule has 0 bridgehead atoms. The molecule has 3 aromatic carbocycles. The molecule has 0 saturated heterocycles. The summed E-state index contributed by atoms with van der Waals surface area (Å²) in [5.74, 6) is -0.332. The first-order valence-electron chi connectivity index (χ1n) is 10.5. The number of benzene rings is 3. The van der Waals surface area contributed by atoms with Gasteiger partial charge in [0.25, 0.3) is 5.91 Å². The molecule has 1 amide bonds. The molecule has 0 aliphatic heterocycles. The second-order valence-electron chi connectivity index (χ2n) is 7.95. The zero-order chi connectivity index (χ0) is 23.3. The number of hydrogen-bond acceptors (Lipinski definition) is 5. The molecule has 0 aliphatic carbocycles. The minimum Gasteiger partial charge on any atom is -0.380 e. The van der Waals surface area contributed by atoms with E-state index >= 15 is 0 Å². The van der Waals surface area contributed by atoms with Crippen LogP contribution in [-0.4, -0.2) is 32.4 Å². The number of ketones is 1. The van der Waals surface area contributed by atoms with Gasteiger partial charge in [-0.1, -0.05) is 84.9 Å². The summed E-state index contributed by atoms with van der Waals surface area (Å²) in [6.07, 6.45) is 1.52. The quantitative estimate of drug-likeness (QED) is 0.421. The van der Waals surface area contributed by atoms with Gasteiger partial charge in [0.15, 0.2) is 5.78 Å². The van der Waals surface area contributed by atoms with E-state index in [2.05, 4.69) is 15.3 Å². The minimum absolute atomic E-state index is 0.0570. The van der Waals surface area contributed by atoms with Crippen LogP contribution in [-0.2, 0) is 11.2 Å². The van der Waals surface area contributed by atoms with Gasteiger partial charge < -0.3 is 10.4 Å². The number of carbonyl (C=O) groups is 2. The van der Waals surface area contributed by atoms with Crippen molar-refractivity contribution in [2.45, 2.75) is 18.9 Å². The van der Waals surface area contributed by atoms with Gasteiger partial charge in [-0.2, -0.15) is 0 Å². The molecular weight excluding hydrogens is 414 g/mol. The third-order valence-electron chi connectivity index (χ3n) is 5.27. The predicted molar refractivity (Wildman–Crippen MR) is 127 cm³/mol. The normalized spacial score (nSPS) is 12.5. The van der Waals surface area contributed by atoms with Crippen LogP contribution in [0.5, 0.6) is 0 Å². The zero-order valence-electron chi connectivity index (χ0n) is 18.1. The van der Waals surface area contributed by atoms with E-state index in [0.717, 1.165) is 11.1 Å². The number of carbonyl (C=O) groups excluding carboxylic acids is 2. The Morgan fingerprint density at radius 2 is 1.45 bits per heavy atom. The van der Waals surface area contributed by atoms with E-state index in [9.17, 15) is 14.7 Å². The standard InChI is InChI=1S/C27H23N3O3/c1-27(33,17-19-8-4-2-5-9-19)26(32)30-24-16-23(28-18-29-24)20-12-14-22(15-13-20)25(31)21-10-6-3-7-11-21/h2-16,18,33H,17H2,1H3,(H,28,29,30,32). The van der Waals surface area contributed by atoms with Gasteiger partial charge in [0, 0.05) is 29.2 Å². The van der Waals surface area contributed by atoms with E-state index in [-0.39, 0.29) is 18.0 Å². The Labute approximate surface area is 192 Å². The van der Waals surface area contributed by atoms with Crippen molar-refractivity contribution < 1.29 is 14.7 Å². The van der Waals surface area contributed by atoms with E-state index in [1.165, 1.54) is 13.3 Å². The SMILES string of the molecule is CC(O)(Cc1ccccc1)C(=O)Nc1cc(-c2ccc(C(=O)c3ccccc3)cc2)ncn1. The molecule has 0 aliphatic rings. The Bertz CT molecular complexity index is 1250. The lowest BCUT2D eigenvalue weighted by atomic mass is 9.95. The third-order valence-corrected chi connectivity index (χ3v) is 5.27.